The highest BCUT2D eigenvalue weighted by atomic mass is 35.5. The predicted molar refractivity (Wildman–Crippen MR) is 79.2 cm³/mol. The second-order valence-corrected chi connectivity index (χ2v) is 6.16. The largest absolute Gasteiger partial charge is 0.461 e. The van der Waals surface area contributed by atoms with Crippen molar-refractivity contribution in [3.63, 3.8) is 0 Å². The highest BCUT2D eigenvalue weighted by Crippen LogP contribution is 2.18. The highest BCUT2D eigenvalue weighted by molar-refractivity contribution is 6.28. The summed E-state index contributed by atoms with van der Waals surface area (Å²) in [6, 6.07) is 0.172. The number of ether oxygens (including phenoxy) is 1. The number of aliphatic hydroxyl groups is 1. The summed E-state index contributed by atoms with van der Waals surface area (Å²) in [5.74, 6) is 0.693. The minimum atomic E-state index is -0.841. The van der Waals surface area contributed by atoms with Crippen LogP contribution >= 0.6 is 11.6 Å². The first kappa shape index (κ1) is 16.9. The minimum absolute atomic E-state index is 0.0506. The first-order valence-electron chi connectivity index (χ1n) is 6.72. The molecule has 1 rings (SSSR count). The van der Waals surface area contributed by atoms with E-state index in [0.717, 1.165) is 0 Å². The molecule has 0 aliphatic rings. The average Bonchev–Trinajstić information content (AvgIpc) is 2.23. The van der Waals surface area contributed by atoms with Crippen molar-refractivity contribution in [2.24, 2.45) is 5.92 Å². The van der Waals surface area contributed by atoms with Crippen molar-refractivity contribution in [2.45, 2.75) is 52.7 Å². The molecule has 0 aliphatic carbocycles. The van der Waals surface area contributed by atoms with E-state index in [0.29, 0.717) is 24.8 Å². The lowest BCUT2D eigenvalue weighted by atomic mass is 9.94. The molecule has 0 saturated heterocycles. The van der Waals surface area contributed by atoms with Gasteiger partial charge in [0.1, 0.15) is 0 Å². The molecule has 7 heteroatoms. The summed E-state index contributed by atoms with van der Waals surface area (Å²) in [5.41, 5.74) is -0.841. The molecule has 1 heterocycles. The number of halogens is 1. The lowest BCUT2D eigenvalue weighted by molar-refractivity contribution is 0.0513. The van der Waals surface area contributed by atoms with E-state index in [1.165, 1.54) is 0 Å². The molecular formula is C13H23ClN4O2. The van der Waals surface area contributed by atoms with Crippen LogP contribution < -0.4 is 10.1 Å². The molecule has 1 atom stereocenters. The Morgan fingerprint density at radius 3 is 2.45 bits per heavy atom. The van der Waals surface area contributed by atoms with Gasteiger partial charge in [-0.15, -0.1) is 0 Å². The van der Waals surface area contributed by atoms with Crippen LogP contribution in [0.4, 0.5) is 5.95 Å². The summed E-state index contributed by atoms with van der Waals surface area (Å²) >= 11 is 5.82. The van der Waals surface area contributed by atoms with Crippen LogP contribution in [-0.2, 0) is 0 Å². The summed E-state index contributed by atoms with van der Waals surface area (Å²) in [6.07, 6.45) is 0.624. The fourth-order valence-electron chi connectivity index (χ4n) is 1.90. The Kier molecular flexibility index (Phi) is 5.95. The van der Waals surface area contributed by atoms with Crippen LogP contribution in [0.25, 0.3) is 0 Å². The Balaban J connectivity index is 2.70. The Labute approximate surface area is 125 Å². The summed E-state index contributed by atoms with van der Waals surface area (Å²) in [7, 11) is 0. The number of nitrogens with zero attached hydrogens (tertiary/aromatic N) is 3. The second-order valence-electron chi connectivity index (χ2n) is 5.83. The van der Waals surface area contributed by atoms with E-state index in [9.17, 15) is 5.11 Å². The van der Waals surface area contributed by atoms with E-state index in [1.54, 1.807) is 6.92 Å². The van der Waals surface area contributed by atoms with Crippen LogP contribution in [0.3, 0.4) is 0 Å². The second kappa shape index (κ2) is 7.04. The Morgan fingerprint density at radius 1 is 1.25 bits per heavy atom. The van der Waals surface area contributed by atoms with Crippen molar-refractivity contribution >= 4 is 17.5 Å². The van der Waals surface area contributed by atoms with Gasteiger partial charge in [0, 0.05) is 6.54 Å². The molecule has 1 unspecified atom stereocenters. The third-order valence-electron chi connectivity index (χ3n) is 2.40. The van der Waals surface area contributed by atoms with Gasteiger partial charge in [-0.1, -0.05) is 13.8 Å². The molecule has 0 aromatic carbocycles. The smallest absolute Gasteiger partial charge is 0.322 e. The number of anilines is 1. The molecule has 0 bridgehead atoms. The van der Waals surface area contributed by atoms with Gasteiger partial charge in [0.15, 0.2) is 0 Å². The van der Waals surface area contributed by atoms with E-state index in [-0.39, 0.29) is 17.4 Å². The quantitative estimate of drug-likeness (QED) is 0.805. The van der Waals surface area contributed by atoms with Crippen molar-refractivity contribution in [3.8, 4) is 6.01 Å². The molecule has 0 saturated carbocycles. The molecule has 2 N–H and O–H groups in total. The molecule has 0 radical (unpaired) electrons. The molecular weight excluding hydrogens is 280 g/mol. The van der Waals surface area contributed by atoms with E-state index in [1.807, 2.05) is 13.8 Å². The van der Waals surface area contributed by atoms with Gasteiger partial charge >= 0.3 is 6.01 Å². The zero-order valence-electron chi connectivity index (χ0n) is 12.6. The van der Waals surface area contributed by atoms with Crippen LogP contribution in [0, 0.1) is 5.92 Å². The monoisotopic (exact) mass is 302 g/mol. The van der Waals surface area contributed by atoms with Gasteiger partial charge < -0.3 is 15.2 Å². The fourth-order valence-corrected chi connectivity index (χ4v) is 2.05. The van der Waals surface area contributed by atoms with Gasteiger partial charge in [-0.3, -0.25) is 0 Å². The standard InChI is InChI=1S/C13H23ClN4O2/c1-8(2)6-13(5,19)7-15-11-16-10(14)17-12(18-11)20-9(3)4/h8-9,19H,6-7H2,1-5H3,(H,15,16,17,18). The molecule has 0 amide bonds. The third-order valence-corrected chi connectivity index (χ3v) is 2.57. The first-order valence-corrected chi connectivity index (χ1v) is 7.10. The maximum Gasteiger partial charge on any atom is 0.322 e. The summed E-state index contributed by atoms with van der Waals surface area (Å²) < 4.78 is 5.38. The number of aromatic nitrogens is 3. The van der Waals surface area contributed by atoms with Gasteiger partial charge in [0.05, 0.1) is 11.7 Å². The molecule has 0 fully saturated rings. The lowest BCUT2D eigenvalue weighted by Crippen LogP contribution is -2.35. The van der Waals surface area contributed by atoms with Crippen LogP contribution in [0.15, 0.2) is 0 Å². The number of rotatable bonds is 7. The SMILES string of the molecule is CC(C)CC(C)(O)CNc1nc(Cl)nc(OC(C)C)n1. The van der Waals surface area contributed by atoms with Crippen molar-refractivity contribution in [1.82, 2.24) is 15.0 Å². The maximum atomic E-state index is 10.2. The van der Waals surface area contributed by atoms with E-state index in [4.69, 9.17) is 16.3 Å². The van der Waals surface area contributed by atoms with E-state index >= 15 is 0 Å². The summed E-state index contributed by atoms with van der Waals surface area (Å²) in [4.78, 5) is 12.0. The van der Waals surface area contributed by atoms with Crippen LogP contribution in [0.2, 0.25) is 5.28 Å². The Hall–Kier alpha value is -1.14. The number of hydrogen-bond acceptors (Lipinski definition) is 6. The van der Waals surface area contributed by atoms with Gasteiger partial charge in [-0.25, -0.2) is 0 Å². The van der Waals surface area contributed by atoms with E-state index < -0.39 is 5.60 Å². The maximum absolute atomic E-state index is 10.2. The van der Waals surface area contributed by atoms with Crippen molar-refractivity contribution < 1.29 is 9.84 Å². The van der Waals surface area contributed by atoms with Crippen LogP contribution in [-0.4, -0.2) is 38.3 Å². The molecule has 1 aromatic heterocycles. The topological polar surface area (TPSA) is 80.2 Å². The van der Waals surface area contributed by atoms with Gasteiger partial charge in [0.2, 0.25) is 11.2 Å². The van der Waals surface area contributed by atoms with Gasteiger partial charge in [-0.05, 0) is 44.7 Å². The van der Waals surface area contributed by atoms with Crippen molar-refractivity contribution in [3.05, 3.63) is 5.28 Å². The molecule has 1 aromatic rings. The zero-order valence-corrected chi connectivity index (χ0v) is 13.4. The van der Waals surface area contributed by atoms with E-state index in [2.05, 4.69) is 34.1 Å². The average molecular weight is 303 g/mol. The first-order chi connectivity index (χ1) is 9.18. The van der Waals surface area contributed by atoms with Crippen LogP contribution in [0.5, 0.6) is 6.01 Å². The molecule has 6 nitrogen and oxygen atoms in total. The van der Waals surface area contributed by atoms with Gasteiger partial charge in [0.25, 0.3) is 0 Å². The third kappa shape index (κ3) is 6.34. The number of nitrogens with one attached hydrogen (secondary N) is 1. The molecule has 20 heavy (non-hydrogen) atoms. The normalized spacial score (nSPS) is 14.4. The summed E-state index contributed by atoms with van der Waals surface area (Å²) in [5, 5.41) is 13.3. The number of hydrogen-bond donors (Lipinski definition) is 2. The summed E-state index contributed by atoms with van der Waals surface area (Å²) in [6.45, 7) is 9.96. The van der Waals surface area contributed by atoms with Crippen molar-refractivity contribution in [1.29, 1.82) is 0 Å². The fraction of sp³-hybridized carbons (Fsp3) is 0.769. The zero-order chi connectivity index (χ0) is 15.3. The molecule has 0 spiro atoms. The molecule has 0 aliphatic heterocycles. The Morgan fingerprint density at radius 2 is 1.90 bits per heavy atom. The molecule has 114 valence electrons. The lowest BCUT2D eigenvalue weighted by Gasteiger charge is -2.25. The highest BCUT2D eigenvalue weighted by Gasteiger charge is 2.22. The minimum Gasteiger partial charge on any atom is -0.461 e. The van der Waals surface area contributed by atoms with Crippen molar-refractivity contribution in [2.75, 3.05) is 11.9 Å². The van der Waals surface area contributed by atoms with Gasteiger partial charge in [-0.2, -0.15) is 15.0 Å². The Bertz CT molecular complexity index is 438. The van der Waals surface area contributed by atoms with Crippen LogP contribution in [0.1, 0.15) is 41.0 Å². The predicted octanol–water partition coefficient (Wildman–Crippen LogP) is 2.52.